The monoisotopic (exact) mass is 390 g/mol. The van der Waals surface area contributed by atoms with Crippen molar-refractivity contribution in [3.8, 4) is 0 Å². The molecular weight excluding hydrogens is 363 g/mol. The summed E-state index contributed by atoms with van der Waals surface area (Å²) < 4.78 is 8.66. The van der Waals surface area contributed by atoms with Gasteiger partial charge in [-0.15, -0.1) is 0 Å². The number of nitrogens with zero attached hydrogens (tertiary/aromatic N) is 2. The van der Waals surface area contributed by atoms with Crippen molar-refractivity contribution in [1.29, 1.82) is 0 Å². The lowest BCUT2D eigenvalue weighted by Gasteiger charge is -2.35. The molecule has 1 heterocycles. The maximum absolute atomic E-state index is 5.26. The number of halogens is 1. The molecule has 1 aliphatic carbocycles. The number of hydrogen-bond acceptors (Lipinski definition) is 2. The highest BCUT2D eigenvalue weighted by Crippen LogP contribution is 2.39. The zero-order chi connectivity index (χ0) is 14.3. The van der Waals surface area contributed by atoms with Gasteiger partial charge >= 0.3 is 0 Å². The second-order valence-electron chi connectivity index (χ2n) is 6.22. The van der Waals surface area contributed by atoms with E-state index in [0.717, 1.165) is 13.2 Å². The summed E-state index contributed by atoms with van der Waals surface area (Å²) in [5, 5.41) is 4.52. The smallest absolute Gasteiger partial charge is 0.0623 e. The fraction of sp³-hybridized carbons (Fsp3) is 0.812. The van der Waals surface area contributed by atoms with Crippen molar-refractivity contribution in [2.24, 2.45) is 5.41 Å². The topological polar surface area (TPSA) is 27.1 Å². The largest absolute Gasteiger partial charge is 0.385 e. The van der Waals surface area contributed by atoms with Crippen LogP contribution < -0.4 is 0 Å². The van der Waals surface area contributed by atoms with E-state index in [4.69, 9.17) is 4.74 Å². The van der Waals surface area contributed by atoms with Crippen LogP contribution in [0, 0.1) is 8.99 Å². The average Bonchev–Trinajstić information content (AvgIpc) is 2.80. The Balaban J connectivity index is 2.04. The van der Waals surface area contributed by atoms with Crippen LogP contribution in [0.15, 0.2) is 12.4 Å². The minimum absolute atomic E-state index is 0.439. The Kier molecular flexibility index (Phi) is 6.81. The van der Waals surface area contributed by atoms with Gasteiger partial charge in [0.1, 0.15) is 0 Å². The predicted molar refractivity (Wildman–Crippen MR) is 90.8 cm³/mol. The summed E-state index contributed by atoms with van der Waals surface area (Å²) in [5.74, 6) is 0. The molecule has 1 saturated carbocycles. The lowest BCUT2D eigenvalue weighted by molar-refractivity contribution is 0.121. The summed E-state index contributed by atoms with van der Waals surface area (Å²) in [6.45, 7) is 1.97. The molecule has 1 aromatic heterocycles. The number of rotatable bonds is 6. The lowest BCUT2D eigenvalue weighted by atomic mass is 9.73. The summed E-state index contributed by atoms with van der Waals surface area (Å²) in [6, 6.07) is 0. The van der Waals surface area contributed by atoms with Crippen LogP contribution in [0.2, 0.25) is 0 Å². The molecule has 0 spiro atoms. The van der Waals surface area contributed by atoms with Gasteiger partial charge in [0.2, 0.25) is 0 Å². The van der Waals surface area contributed by atoms with E-state index in [1.54, 1.807) is 7.11 Å². The van der Waals surface area contributed by atoms with Crippen LogP contribution in [0.25, 0.3) is 0 Å². The molecule has 0 atom stereocenters. The van der Waals surface area contributed by atoms with Gasteiger partial charge in [0.05, 0.1) is 9.77 Å². The van der Waals surface area contributed by atoms with Crippen LogP contribution in [-0.4, -0.2) is 23.5 Å². The van der Waals surface area contributed by atoms with Crippen LogP contribution >= 0.6 is 22.6 Å². The fourth-order valence-corrected chi connectivity index (χ4v) is 3.95. The first-order valence-corrected chi connectivity index (χ1v) is 8.99. The first-order chi connectivity index (χ1) is 9.74. The Bertz CT molecular complexity index is 384. The third-order valence-corrected chi connectivity index (χ3v) is 5.13. The van der Waals surface area contributed by atoms with E-state index in [1.165, 1.54) is 61.4 Å². The average molecular weight is 390 g/mol. The van der Waals surface area contributed by atoms with E-state index in [2.05, 4.69) is 38.6 Å². The van der Waals surface area contributed by atoms with E-state index in [-0.39, 0.29) is 0 Å². The number of methoxy groups -OCH3 is 1. The van der Waals surface area contributed by atoms with Crippen molar-refractivity contribution in [1.82, 2.24) is 9.78 Å². The fourth-order valence-electron chi connectivity index (χ4n) is 3.50. The van der Waals surface area contributed by atoms with Gasteiger partial charge in [-0.05, 0) is 53.7 Å². The zero-order valence-corrected chi connectivity index (χ0v) is 14.8. The second-order valence-corrected chi connectivity index (χ2v) is 7.47. The minimum atomic E-state index is 0.439. The third kappa shape index (κ3) is 5.02. The van der Waals surface area contributed by atoms with Crippen LogP contribution in [0.1, 0.15) is 57.8 Å². The molecule has 20 heavy (non-hydrogen) atoms. The number of hydrogen-bond donors (Lipinski definition) is 0. The predicted octanol–water partition coefficient (Wildman–Crippen LogP) is 4.65. The van der Waals surface area contributed by atoms with E-state index >= 15 is 0 Å². The highest BCUT2D eigenvalue weighted by molar-refractivity contribution is 14.1. The molecule has 1 fully saturated rings. The molecule has 0 aliphatic heterocycles. The van der Waals surface area contributed by atoms with Gasteiger partial charge in [-0.2, -0.15) is 5.10 Å². The first-order valence-electron chi connectivity index (χ1n) is 7.91. The molecule has 0 aromatic carbocycles. The number of aromatic nitrogens is 2. The Morgan fingerprint density at radius 1 is 1.25 bits per heavy atom. The Morgan fingerprint density at radius 3 is 2.55 bits per heavy atom. The van der Waals surface area contributed by atoms with Gasteiger partial charge in [0.15, 0.2) is 0 Å². The quantitative estimate of drug-likeness (QED) is 0.523. The van der Waals surface area contributed by atoms with Crippen molar-refractivity contribution in [3.63, 3.8) is 0 Å². The molecule has 1 aliphatic rings. The molecule has 0 saturated heterocycles. The van der Waals surface area contributed by atoms with Crippen molar-refractivity contribution < 1.29 is 4.74 Å². The summed E-state index contributed by atoms with van der Waals surface area (Å²) in [6.07, 6.45) is 16.3. The molecule has 0 radical (unpaired) electrons. The summed E-state index contributed by atoms with van der Waals surface area (Å²) in [5.41, 5.74) is 0.439. The van der Waals surface area contributed by atoms with Gasteiger partial charge in [-0.1, -0.05) is 32.1 Å². The van der Waals surface area contributed by atoms with E-state index in [1.807, 2.05) is 6.20 Å². The molecule has 0 unspecified atom stereocenters. The van der Waals surface area contributed by atoms with Gasteiger partial charge in [-0.25, -0.2) is 0 Å². The minimum Gasteiger partial charge on any atom is -0.385 e. The summed E-state index contributed by atoms with van der Waals surface area (Å²) in [7, 11) is 1.81. The van der Waals surface area contributed by atoms with Gasteiger partial charge in [-0.3, -0.25) is 4.68 Å². The molecule has 114 valence electrons. The summed E-state index contributed by atoms with van der Waals surface area (Å²) >= 11 is 2.34. The maximum atomic E-state index is 5.26. The van der Waals surface area contributed by atoms with Crippen LogP contribution in [0.4, 0.5) is 0 Å². The van der Waals surface area contributed by atoms with Crippen LogP contribution in [-0.2, 0) is 11.3 Å². The lowest BCUT2D eigenvalue weighted by Crippen LogP contribution is -2.29. The van der Waals surface area contributed by atoms with E-state index in [9.17, 15) is 0 Å². The maximum Gasteiger partial charge on any atom is 0.0623 e. The zero-order valence-electron chi connectivity index (χ0n) is 12.6. The molecule has 0 N–H and O–H groups in total. The SMILES string of the molecule is COCCCC1(Cn2cc(I)cn2)CCCCCCC1. The summed E-state index contributed by atoms with van der Waals surface area (Å²) in [4.78, 5) is 0. The highest BCUT2D eigenvalue weighted by atomic mass is 127. The van der Waals surface area contributed by atoms with Crippen molar-refractivity contribution in [2.75, 3.05) is 13.7 Å². The van der Waals surface area contributed by atoms with Crippen molar-refractivity contribution in [2.45, 2.75) is 64.3 Å². The Labute approximate surface area is 136 Å². The van der Waals surface area contributed by atoms with E-state index in [0.29, 0.717) is 5.41 Å². The molecule has 4 heteroatoms. The first kappa shape index (κ1) is 16.3. The van der Waals surface area contributed by atoms with Gasteiger partial charge in [0, 0.05) is 26.5 Å². The van der Waals surface area contributed by atoms with Crippen LogP contribution in [0.5, 0.6) is 0 Å². The Morgan fingerprint density at radius 2 is 1.95 bits per heavy atom. The van der Waals surface area contributed by atoms with E-state index < -0.39 is 0 Å². The third-order valence-electron chi connectivity index (χ3n) is 4.57. The van der Waals surface area contributed by atoms with Crippen molar-refractivity contribution >= 4 is 22.6 Å². The molecule has 2 rings (SSSR count). The molecule has 3 nitrogen and oxygen atoms in total. The normalized spacial score (nSPS) is 19.5. The Hall–Kier alpha value is -0.100. The standard InChI is InChI=1S/C16H27IN2O/c1-20-11-7-10-16(8-5-3-2-4-6-9-16)14-19-13-15(17)12-18-19/h12-13H,2-11,14H2,1H3. The second kappa shape index (κ2) is 8.37. The molecule has 0 amide bonds. The molecule has 1 aromatic rings. The van der Waals surface area contributed by atoms with Crippen molar-refractivity contribution in [3.05, 3.63) is 16.0 Å². The van der Waals surface area contributed by atoms with Crippen LogP contribution in [0.3, 0.4) is 0 Å². The molecular formula is C16H27IN2O. The van der Waals surface area contributed by atoms with Gasteiger partial charge < -0.3 is 4.74 Å². The molecule has 0 bridgehead atoms. The number of ether oxygens (including phenoxy) is 1. The van der Waals surface area contributed by atoms with Gasteiger partial charge in [0.25, 0.3) is 0 Å². The highest BCUT2D eigenvalue weighted by Gasteiger charge is 2.30.